The van der Waals surface area contributed by atoms with Gasteiger partial charge in [-0.15, -0.1) is 0 Å². The number of morpholine rings is 1. The number of rotatable bonds is 4. The molecule has 160 valence electrons. The van der Waals surface area contributed by atoms with Crippen molar-refractivity contribution in [3.05, 3.63) is 22.9 Å². The Hall–Kier alpha value is -2.19. The highest BCUT2D eigenvalue weighted by Gasteiger charge is 2.41. The van der Waals surface area contributed by atoms with E-state index in [2.05, 4.69) is 36.7 Å². The van der Waals surface area contributed by atoms with Crippen LogP contribution in [-0.4, -0.2) is 52.1 Å². The number of carbonyl (C=O) groups excluding carboxylic acids is 1. The number of aromatic nitrogens is 2. The first-order valence-electron chi connectivity index (χ1n) is 10.8. The van der Waals surface area contributed by atoms with Crippen LogP contribution in [0.5, 0.6) is 0 Å². The highest BCUT2D eigenvalue weighted by Crippen LogP contribution is 2.42. The molecule has 1 saturated carbocycles. The normalized spacial score (nSPS) is 25.0. The quantitative estimate of drug-likeness (QED) is 0.804. The van der Waals surface area contributed by atoms with E-state index in [1.807, 2.05) is 11.8 Å². The second-order valence-corrected chi connectivity index (χ2v) is 10.0. The van der Waals surface area contributed by atoms with Gasteiger partial charge >= 0.3 is 0 Å². The van der Waals surface area contributed by atoms with Crippen LogP contribution < -0.4 is 10.6 Å². The van der Waals surface area contributed by atoms with Gasteiger partial charge in [-0.25, -0.2) is 9.97 Å². The van der Waals surface area contributed by atoms with E-state index in [9.17, 15) is 4.79 Å². The van der Waals surface area contributed by atoms with E-state index in [0.717, 1.165) is 46.3 Å². The van der Waals surface area contributed by atoms with Crippen molar-refractivity contribution in [1.29, 1.82) is 0 Å². The molecular weight excluding hydrogens is 398 g/mol. The average molecular weight is 428 g/mol. The molecule has 0 bridgehead atoms. The lowest BCUT2D eigenvalue weighted by atomic mass is 10.1. The molecule has 3 atom stereocenters. The number of carbonyl (C=O) groups is 1. The Morgan fingerprint density at radius 2 is 1.93 bits per heavy atom. The molecule has 5 rings (SSSR count). The minimum absolute atomic E-state index is 0.0913. The predicted octanol–water partition coefficient (Wildman–Crippen LogP) is 3.46. The van der Waals surface area contributed by atoms with Crippen LogP contribution in [0.1, 0.15) is 55.2 Å². The van der Waals surface area contributed by atoms with Gasteiger partial charge in [0.15, 0.2) is 5.13 Å². The summed E-state index contributed by atoms with van der Waals surface area (Å²) < 4.78 is 5.93. The van der Waals surface area contributed by atoms with Crippen LogP contribution in [0.4, 0.5) is 10.9 Å². The van der Waals surface area contributed by atoms with Gasteiger partial charge in [0.25, 0.3) is 5.91 Å². The zero-order valence-corrected chi connectivity index (χ0v) is 18.8. The highest BCUT2D eigenvalue weighted by molar-refractivity contribution is 7.18. The molecule has 7 nitrogen and oxygen atoms in total. The number of aryl methyl sites for hydroxylation is 1. The van der Waals surface area contributed by atoms with Crippen molar-refractivity contribution in [2.75, 3.05) is 23.7 Å². The molecule has 2 aliphatic heterocycles. The smallest absolute Gasteiger partial charge is 0.258 e. The fourth-order valence-corrected chi connectivity index (χ4v) is 5.65. The lowest BCUT2D eigenvalue weighted by Crippen LogP contribution is -2.46. The Morgan fingerprint density at radius 1 is 1.23 bits per heavy atom. The van der Waals surface area contributed by atoms with Gasteiger partial charge in [-0.05, 0) is 58.1 Å². The summed E-state index contributed by atoms with van der Waals surface area (Å²) in [4.78, 5) is 28.2. The molecule has 0 radical (unpaired) electrons. The molecule has 2 aromatic heterocycles. The van der Waals surface area contributed by atoms with Crippen LogP contribution in [0.2, 0.25) is 0 Å². The fraction of sp³-hybridized carbons (Fsp3) is 0.591. The van der Waals surface area contributed by atoms with E-state index in [0.29, 0.717) is 17.6 Å². The maximum absolute atomic E-state index is 13.5. The van der Waals surface area contributed by atoms with Gasteiger partial charge < -0.3 is 20.3 Å². The number of nitrogen functional groups attached to an aromatic ring is 1. The maximum Gasteiger partial charge on any atom is 0.258 e. The van der Waals surface area contributed by atoms with Gasteiger partial charge in [0, 0.05) is 25.7 Å². The molecule has 2 aromatic rings. The first-order chi connectivity index (χ1) is 14.3. The topological polar surface area (TPSA) is 84.6 Å². The molecule has 2 fully saturated rings. The largest absolute Gasteiger partial charge is 0.375 e. The van der Waals surface area contributed by atoms with Crippen molar-refractivity contribution in [1.82, 2.24) is 14.9 Å². The Kier molecular flexibility index (Phi) is 4.74. The molecule has 1 amide bonds. The summed E-state index contributed by atoms with van der Waals surface area (Å²) in [5.41, 5.74) is 9.53. The number of ether oxygens (including phenoxy) is 1. The van der Waals surface area contributed by atoms with Crippen molar-refractivity contribution >= 4 is 28.2 Å². The van der Waals surface area contributed by atoms with E-state index in [4.69, 9.17) is 15.5 Å². The van der Waals surface area contributed by atoms with Crippen LogP contribution in [0.3, 0.4) is 0 Å². The number of pyridine rings is 1. The summed E-state index contributed by atoms with van der Waals surface area (Å²) in [5.74, 6) is 1.53. The summed E-state index contributed by atoms with van der Waals surface area (Å²) >= 11 is 1.45. The summed E-state index contributed by atoms with van der Waals surface area (Å²) in [6.45, 7) is 10.4. The standard InChI is InChI=1S/C22H29N5O2S/c1-11-8-26(9-12(2)29-11)20-18-16(10-27(21(18)28)14(4)15-5-6-15)7-17(25-20)19-13(3)24-22(23)30-19/h7,11-12,14-15H,5-6,8-10H2,1-4H3,(H2,23,24)/t11-,12+,14-/m0/s1. The summed E-state index contributed by atoms with van der Waals surface area (Å²) in [7, 11) is 0. The van der Waals surface area contributed by atoms with Gasteiger partial charge in [-0.2, -0.15) is 0 Å². The maximum atomic E-state index is 13.5. The molecule has 2 N–H and O–H groups in total. The van der Waals surface area contributed by atoms with Crippen molar-refractivity contribution in [2.24, 2.45) is 5.92 Å². The number of amides is 1. The summed E-state index contributed by atoms with van der Waals surface area (Å²) in [6, 6.07) is 2.34. The van der Waals surface area contributed by atoms with Gasteiger partial charge in [0.2, 0.25) is 0 Å². The van der Waals surface area contributed by atoms with E-state index in [1.54, 1.807) is 0 Å². The second-order valence-electron chi connectivity index (χ2n) is 9.01. The Balaban J connectivity index is 1.61. The minimum Gasteiger partial charge on any atom is -0.375 e. The number of thiazole rings is 1. The Labute approximate surface area is 181 Å². The molecule has 0 aromatic carbocycles. The number of anilines is 2. The third kappa shape index (κ3) is 3.36. The third-order valence-electron chi connectivity index (χ3n) is 6.46. The summed E-state index contributed by atoms with van der Waals surface area (Å²) in [6.07, 6.45) is 2.62. The van der Waals surface area contributed by atoms with E-state index in [1.165, 1.54) is 24.2 Å². The van der Waals surface area contributed by atoms with Crippen LogP contribution in [0.15, 0.2) is 6.07 Å². The number of nitrogens with zero attached hydrogens (tertiary/aromatic N) is 4. The molecule has 8 heteroatoms. The van der Waals surface area contributed by atoms with E-state index >= 15 is 0 Å². The number of hydrogen-bond donors (Lipinski definition) is 1. The minimum atomic E-state index is 0.0913. The van der Waals surface area contributed by atoms with Crippen LogP contribution in [-0.2, 0) is 11.3 Å². The van der Waals surface area contributed by atoms with Crippen LogP contribution in [0, 0.1) is 12.8 Å². The number of hydrogen-bond acceptors (Lipinski definition) is 7. The molecule has 1 saturated heterocycles. The van der Waals surface area contributed by atoms with Gasteiger partial charge in [0.1, 0.15) is 5.82 Å². The first-order valence-corrected chi connectivity index (χ1v) is 11.6. The number of nitrogens with two attached hydrogens (primary N) is 1. The summed E-state index contributed by atoms with van der Waals surface area (Å²) in [5, 5.41) is 0.542. The number of fused-ring (bicyclic) bond motifs is 1. The Bertz CT molecular complexity index is 992. The zero-order chi connectivity index (χ0) is 21.2. The zero-order valence-electron chi connectivity index (χ0n) is 18.0. The van der Waals surface area contributed by atoms with Crippen molar-refractivity contribution in [3.8, 4) is 10.6 Å². The molecule has 30 heavy (non-hydrogen) atoms. The van der Waals surface area contributed by atoms with Crippen LogP contribution >= 0.6 is 11.3 Å². The lowest BCUT2D eigenvalue weighted by molar-refractivity contribution is -0.00552. The SMILES string of the molecule is Cc1nc(N)sc1-c1cc2c(c(N3C[C@@H](C)O[C@@H](C)C3)n1)C(=O)N([C@@H](C)C1CC1)C2. The highest BCUT2D eigenvalue weighted by atomic mass is 32.1. The van der Waals surface area contributed by atoms with Crippen molar-refractivity contribution in [3.63, 3.8) is 0 Å². The Morgan fingerprint density at radius 3 is 2.53 bits per heavy atom. The van der Waals surface area contributed by atoms with Crippen LogP contribution in [0.25, 0.3) is 10.6 Å². The van der Waals surface area contributed by atoms with Gasteiger partial charge in [0.05, 0.1) is 34.0 Å². The fourth-order valence-electron chi connectivity index (χ4n) is 4.85. The first kappa shape index (κ1) is 19.8. The van der Waals surface area contributed by atoms with Crippen molar-refractivity contribution < 1.29 is 9.53 Å². The van der Waals surface area contributed by atoms with E-state index in [-0.39, 0.29) is 24.2 Å². The molecule has 1 aliphatic carbocycles. The van der Waals surface area contributed by atoms with Gasteiger partial charge in [-0.3, -0.25) is 4.79 Å². The molecule has 0 spiro atoms. The third-order valence-corrected chi connectivity index (χ3v) is 7.47. The molecule has 4 heterocycles. The van der Waals surface area contributed by atoms with Gasteiger partial charge in [-0.1, -0.05) is 11.3 Å². The van der Waals surface area contributed by atoms with Crippen molar-refractivity contribution in [2.45, 2.75) is 65.3 Å². The molecule has 0 unspecified atom stereocenters. The molecule has 3 aliphatic rings. The second kappa shape index (κ2) is 7.20. The molecular formula is C22H29N5O2S. The average Bonchev–Trinajstić information content (AvgIpc) is 3.40. The monoisotopic (exact) mass is 427 g/mol. The lowest BCUT2D eigenvalue weighted by Gasteiger charge is -2.37. The predicted molar refractivity (Wildman–Crippen MR) is 119 cm³/mol. The van der Waals surface area contributed by atoms with E-state index < -0.39 is 0 Å².